The highest BCUT2D eigenvalue weighted by Crippen LogP contribution is 2.38. The summed E-state index contributed by atoms with van der Waals surface area (Å²) in [4.78, 5) is 32.1. The molecule has 3 heterocycles. The van der Waals surface area contributed by atoms with Gasteiger partial charge in [-0.3, -0.25) is 14.7 Å². The van der Waals surface area contributed by atoms with E-state index in [4.69, 9.17) is 18.9 Å². The molecule has 2 aliphatic heterocycles. The van der Waals surface area contributed by atoms with Crippen LogP contribution in [0.2, 0.25) is 0 Å². The Morgan fingerprint density at radius 2 is 1.82 bits per heavy atom. The lowest BCUT2D eigenvalue weighted by Crippen LogP contribution is -2.46. The van der Waals surface area contributed by atoms with Gasteiger partial charge < -0.3 is 24.3 Å². The number of carbonyl (C=O) groups excluding carboxylic acids is 2. The van der Waals surface area contributed by atoms with Crippen molar-refractivity contribution in [2.24, 2.45) is 0 Å². The van der Waals surface area contributed by atoms with Crippen LogP contribution in [0.15, 0.2) is 79.0 Å². The molecular formula is C33H35N5O6S. The lowest BCUT2D eigenvalue weighted by atomic mass is 10.1. The fraction of sp³-hybridized carbons (Fsp3) is 0.303. The van der Waals surface area contributed by atoms with Crippen LogP contribution in [-0.4, -0.2) is 79.1 Å². The van der Waals surface area contributed by atoms with Crippen molar-refractivity contribution in [3.8, 4) is 23.0 Å². The zero-order chi connectivity index (χ0) is 31.0. The van der Waals surface area contributed by atoms with E-state index in [0.717, 1.165) is 55.7 Å². The third-order valence-electron chi connectivity index (χ3n) is 7.48. The second-order valence-electron chi connectivity index (χ2n) is 10.5. The average molecular weight is 630 g/mol. The number of pyridine rings is 1. The quantitative estimate of drug-likeness (QED) is 0.209. The van der Waals surface area contributed by atoms with Gasteiger partial charge in [0.2, 0.25) is 0 Å². The van der Waals surface area contributed by atoms with Gasteiger partial charge in [0.05, 0.1) is 38.2 Å². The molecule has 2 fully saturated rings. The van der Waals surface area contributed by atoms with Gasteiger partial charge in [-0.15, -0.1) is 11.8 Å². The summed E-state index contributed by atoms with van der Waals surface area (Å²) in [5, 5.41) is 4.65. The number of nitrogens with one attached hydrogen (secondary N) is 2. The molecule has 4 aromatic rings. The summed E-state index contributed by atoms with van der Waals surface area (Å²) in [6.07, 6.45) is 2.58. The Labute approximate surface area is 265 Å². The smallest absolute Gasteiger partial charge is 0.338 e. The highest BCUT2D eigenvalue weighted by Gasteiger charge is 2.34. The molecule has 234 valence electrons. The summed E-state index contributed by atoms with van der Waals surface area (Å²) in [5.41, 5.74) is 4.90. The number of benzene rings is 3. The van der Waals surface area contributed by atoms with Crippen molar-refractivity contribution >= 4 is 40.3 Å². The van der Waals surface area contributed by atoms with Gasteiger partial charge in [-0.05, 0) is 48.4 Å². The van der Waals surface area contributed by atoms with E-state index in [2.05, 4.69) is 20.6 Å². The van der Waals surface area contributed by atoms with Gasteiger partial charge in [-0.2, -0.15) is 0 Å². The number of methoxy groups -OCH3 is 1. The molecule has 0 aliphatic carbocycles. The van der Waals surface area contributed by atoms with Gasteiger partial charge in [0, 0.05) is 43.0 Å². The summed E-state index contributed by atoms with van der Waals surface area (Å²) in [6.45, 7) is 5.00. The number of fused-ring (bicyclic) bond motifs is 1. The minimum atomic E-state index is -0.508. The predicted octanol–water partition coefficient (Wildman–Crippen LogP) is 5.45. The monoisotopic (exact) mass is 629 g/mol. The van der Waals surface area contributed by atoms with Crippen LogP contribution in [0.1, 0.15) is 17.4 Å². The molecule has 0 bridgehead atoms. The molecule has 1 unspecified atom stereocenters. The number of hydrogen-bond acceptors (Lipinski definition) is 9. The van der Waals surface area contributed by atoms with Crippen molar-refractivity contribution in [3.63, 3.8) is 0 Å². The van der Waals surface area contributed by atoms with E-state index in [0.29, 0.717) is 41.0 Å². The molecule has 2 aliphatic rings. The number of rotatable bonds is 11. The Morgan fingerprint density at radius 1 is 1.02 bits per heavy atom. The van der Waals surface area contributed by atoms with Crippen LogP contribution in [0.4, 0.5) is 10.5 Å². The third kappa shape index (κ3) is 7.59. The molecule has 3 amide bonds. The van der Waals surface area contributed by atoms with Crippen LogP contribution in [-0.2, 0) is 9.53 Å². The number of amides is 3. The second-order valence-corrected chi connectivity index (χ2v) is 11.6. The van der Waals surface area contributed by atoms with Crippen LogP contribution in [0, 0.1) is 0 Å². The van der Waals surface area contributed by atoms with Crippen molar-refractivity contribution in [3.05, 3.63) is 84.6 Å². The third-order valence-corrected chi connectivity index (χ3v) is 8.69. The molecule has 12 heteroatoms. The van der Waals surface area contributed by atoms with Gasteiger partial charge >= 0.3 is 6.03 Å². The number of hydrazine groups is 1. The Kier molecular flexibility index (Phi) is 9.83. The van der Waals surface area contributed by atoms with Gasteiger partial charge in [0.25, 0.3) is 5.91 Å². The van der Waals surface area contributed by atoms with Crippen molar-refractivity contribution in [1.29, 1.82) is 0 Å². The molecule has 0 radical (unpaired) electrons. The molecule has 2 saturated heterocycles. The number of aromatic nitrogens is 1. The van der Waals surface area contributed by atoms with Crippen molar-refractivity contribution in [2.45, 2.75) is 11.8 Å². The first-order chi connectivity index (χ1) is 22.1. The SMILES string of the molecule is COc1cc2c(Oc3ccc(NC(=O)NN4C(=O)CSC4c4ccccc4)cc3)ccnc2cc1OCCCN1CCOCC1. The topological polar surface area (TPSA) is 114 Å². The number of morpholine rings is 1. The van der Waals surface area contributed by atoms with Gasteiger partial charge in [0.15, 0.2) is 11.5 Å². The summed E-state index contributed by atoms with van der Waals surface area (Å²) < 4.78 is 23.3. The van der Waals surface area contributed by atoms with Crippen LogP contribution in [0.5, 0.6) is 23.0 Å². The fourth-order valence-corrected chi connectivity index (χ4v) is 6.30. The number of carbonyl (C=O) groups is 2. The summed E-state index contributed by atoms with van der Waals surface area (Å²) in [7, 11) is 1.61. The van der Waals surface area contributed by atoms with Crippen molar-refractivity contribution in [2.75, 3.05) is 57.6 Å². The summed E-state index contributed by atoms with van der Waals surface area (Å²) >= 11 is 1.47. The maximum absolute atomic E-state index is 12.8. The number of ether oxygens (including phenoxy) is 4. The molecular weight excluding hydrogens is 594 g/mol. The lowest BCUT2D eigenvalue weighted by molar-refractivity contribution is -0.130. The molecule has 1 aromatic heterocycles. The van der Waals surface area contributed by atoms with E-state index in [1.807, 2.05) is 42.5 Å². The number of anilines is 1. The molecule has 6 rings (SSSR count). The van der Waals surface area contributed by atoms with Gasteiger partial charge in [-0.25, -0.2) is 15.2 Å². The first-order valence-corrected chi connectivity index (χ1v) is 15.9. The highest BCUT2D eigenvalue weighted by molar-refractivity contribution is 8.00. The summed E-state index contributed by atoms with van der Waals surface area (Å²) in [6, 6.07) is 21.6. The standard InChI is InChI=1S/C33H35N5O6S/c1-41-29-20-26-27(21-30(29)43-17-5-14-37-15-18-42-19-16-37)34-13-12-28(26)44-25-10-8-24(9-11-25)35-33(40)36-38-31(39)22-45-32(38)23-6-3-2-4-7-23/h2-4,6-13,20-21,32H,5,14-19,22H2,1H3,(H2,35,36,40). The van der Waals surface area contributed by atoms with Crippen molar-refractivity contribution < 1.29 is 28.5 Å². The second kappa shape index (κ2) is 14.5. The van der Waals surface area contributed by atoms with Gasteiger partial charge in [-0.1, -0.05) is 30.3 Å². The Morgan fingerprint density at radius 3 is 2.60 bits per heavy atom. The Hall–Kier alpha value is -4.52. The molecule has 0 saturated carbocycles. The lowest BCUT2D eigenvalue weighted by Gasteiger charge is -2.26. The van der Waals surface area contributed by atoms with Crippen molar-refractivity contribution in [1.82, 2.24) is 20.3 Å². The molecule has 45 heavy (non-hydrogen) atoms. The Bertz CT molecular complexity index is 1620. The first-order valence-electron chi connectivity index (χ1n) is 14.8. The Balaban J connectivity index is 1.07. The largest absolute Gasteiger partial charge is 0.493 e. The highest BCUT2D eigenvalue weighted by atomic mass is 32.2. The minimum absolute atomic E-state index is 0.156. The molecule has 1 atom stereocenters. The van der Waals surface area contributed by atoms with E-state index in [1.165, 1.54) is 16.8 Å². The maximum Gasteiger partial charge on any atom is 0.338 e. The predicted molar refractivity (Wildman–Crippen MR) is 173 cm³/mol. The zero-order valence-corrected chi connectivity index (χ0v) is 25.8. The zero-order valence-electron chi connectivity index (χ0n) is 24.9. The number of nitrogens with zero attached hydrogens (tertiary/aromatic N) is 3. The first kappa shape index (κ1) is 30.5. The van der Waals surface area contributed by atoms with Crippen LogP contribution >= 0.6 is 11.8 Å². The molecule has 3 aromatic carbocycles. The van der Waals surface area contributed by atoms with Crippen LogP contribution < -0.4 is 25.0 Å². The molecule has 0 spiro atoms. The van der Waals surface area contributed by atoms with Crippen LogP contribution in [0.25, 0.3) is 10.9 Å². The molecule has 2 N–H and O–H groups in total. The fourth-order valence-electron chi connectivity index (χ4n) is 5.20. The van der Waals surface area contributed by atoms with E-state index >= 15 is 0 Å². The minimum Gasteiger partial charge on any atom is -0.493 e. The van der Waals surface area contributed by atoms with E-state index in [1.54, 1.807) is 43.6 Å². The summed E-state index contributed by atoms with van der Waals surface area (Å²) in [5.74, 6) is 2.55. The molecule has 11 nitrogen and oxygen atoms in total. The number of urea groups is 1. The average Bonchev–Trinajstić information content (AvgIpc) is 3.43. The normalized spacial score (nSPS) is 16.9. The number of thioether (sulfide) groups is 1. The number of hydrogen-bond donors (Lipinski definition) is 2. The van der Waals surface area contributed by atoms with E-state index in [-0.39, 0.29) is 11.3 Å². The van der Waals surface area contributed by atoms with Gasteiger partial charge in [0.1, 0.15) is 16.9 Å². The van der Waals surface area contributed by atoms with E-state index in [9.17, 15) is 9.59 Å². The van der Waals surface area contributed by atoms with Crippen LogP contribution in [0.3, 0.4) is 0 Å². The maximum atomic E-state index is 12.8. The van der Waals surface area contributed by atoms with E-state index < -0.39 is 6.03 Å².